The van der Waals surface area contributed by atoms with E-state index in [0.717, 1.165) is 0 Å². The third-order valence-electron chi connectivity index (χ3n) is 2.85. The molecule has 0 bridgehead atoms. The van der Waals surface area contributed by atoms with Crippen molar-refractivity contribution in [1.29, 1.82) is 0 Å². The topological polar surface area (TPSA) is 67.0 Å². The number of rotatable bonds is 5. The van der Waals surface area contributed by atoms with Gasteiger partial charge in [-0.3, -0.25) is 4.79 Å². The van der Waals surface area contributed by atoms with E-state index in [1.807, 2.05) is 0 Å². The second kappa shape index (κ2) is 6.16. The average molecular weight is 302 g/mol. The Morgan fingerprint density at radius 1 is 1.53 bits per heavy atom. The summed E-state index contributed by atoms with van der Waals surface area (Å²) in [5.74, 6) is 0.559. The Morgan fingerprint density at radius 2 is 2.29 bits per heavy atom. The van der Waals surface area contributed by atoms with Gasteiger partial charge in [-0.05, 0) is 28.8 Å². The van der Waals surface area contributed by atoms with Crippen molar-refractivity contribution in [2.75, 3.05) is 18.5 Å². The number of hydrogen-bond acceptors (Lipinski definition) is 4. The molecule has 0 atom stereocenters. The molecule has 0 saturated heterocycles. The van der Waals surface area contributed by atoms with Crippen LogP contribution in [-0.2, 0) is 4.74 Å². The summed E-state index contributed by atoms with van der Waals surface area (Å²) in [5, 5.41) is 3.07. The molecule has 0 aromatic carbocycles. The lowest BCUT2D eigenvalue weighted by Crippen LogP contribution is -2.18. The van der Waals surface area contributed by atoms with Crippen LogP contribution in [0.25, 0.3) is 0 Å². The summed E-state index contributed by atoms with van der Waals surface area (Å²) >= 11 is 3.19. The molecule has 0 amide bonds. The van der Waals surface area contributed by atoms with E-state index in [4.69, 9.17) is 4.74 Å². The van der Waals surface area contributed by atoms with Crippen molar-refractivity contribution in [3.63, 3.8) is 0 Å². The van der Waals surface area contributed by atoms with Crippen LogP contribution in [0.2, 0.25) is 0 Å². The maximum absolute atomic E-state index is 11.3. The third kappa shape index (κ3) is 3.54. The highest BCUT2D eigenvalue weighted by molar-refractivity contribution is 9.10. The van der Waals surface area contributed by atoms with Crippen LogP contribution in [0.5, 0.6) is 0 Å². The molecule has 1 heterocycles. The second-order valence-corrected chi connectivity index (χ2v) is 4.89. The molecule has 1 aromatic rings. The lowest BCUT2D eigenvalue weighted by molar-refractivity contribution is 0.0658. The largest absolute Gasteiger partial charge is 0.376 e. The number of ether oxygens (including phenoxy) is 1. The average Bonchev–Trinajstić information content (AvgIpc) is 2.83. The fourth-order valence-corrected chi connectivity index (χ4v) is 2.31. The zero-order valence-electron chi connectivity index (χ0n) is 9.54. The molecule has 1 fully saturated rings. The summed E-state index contributed by atoms with van der Waals surface area (Å²) in [6.45, 7) is 1.30. The smallest absolute Gasteiger partial charge is 0.267 e. The molecular weight excluding hydrogens is 286 g/mol. The standard InChI is InChI=1S/C11H16BrN3O2/c12-9-10(14-7-15-11(9)16)13-5-6-17-8-3-1-2-4-8/h7-8H,1-6H2,(H2,13,14,15,16). The van der Waals surface area contributed by atoms with E-state index in [9.17, 15) is 4.79 Å². The van der Waals surface area contributed by atoms with E-state index < -0.39 is 0 Å². The van der Waals surface area contributed by atoms with Crippen LogP contribution in [0.4, 0.5) is 5.82 Å². The quantitative estimate of drug-likeness (QED) is 0.815. The van der Waals surface area contributed by atoms with Gasteiger partial charge >= 0.3 is 0 Å². The van der Waals surface area contributed by atoms with Crippen molar-refractivity contribution in [3.05, 3.63) is 21.2 Å². The van der Waals surface area contributed by atoms with Crippen molar-refractivity contribution >= 4 is 21.7 Å². The number of aromatic nitrogens is 2. The van der Waals surface area contributed by atoms with Gasteiger partial charge in [0.2, 0.25) is 0 Å². The molecule has 0 spiro atoms. The van der Waals surface area contributed by atoms with Gasteiger partial charge in [0.15, 0.2) is 0 Å². The molecule has 0 unspecified atom stereocenters. The molecule has 5 nitrogen and oxygen atoms in total. The zero-order chi connectivity index (χ0) is 12.1. The third-order valence-corrected chi connectivity index (χ3v) is 3.58. The summed E-state index contributed by atoms with van der Waals surface area (Å²) in [6, 6.07) is 0. The van der Waals surface area contributed by atoms with E-state index in [-0.39, 0.29) is 5.56 Å². The van der Waals surface area contributed by atoms with Crippen molar-refractivity contribution in [1.82, 2.24) is 9.97 Å². The van der Waals surface area contributed by atoms with E-state index in [1.165, 1.54) is 32.0 Å². The minimum absolute atomic E-state index is 0.181. The van der Waals surface area contributed by atoms with Crippen molar-refractivity contribution in [2.45, 2.75) is 31.8 Å². The Morgan fingerprint density at radius 3 is 3.06 bits per heavy atom. The Bertz CT molecular complexity index is 415. The Balaban J connectivity index is 1.74. The Labute approximate surface area is 108 Å². The molecular formula is C11H16BrN3O2. The van der Waals surface area contributed by atoms with Gasteiger partial charge in [0.25, 0.3) is 5.56 Å². The zero-order valence-corrected chi connectivity index (χ0v) is 11.1. The molecule has 2 N–H and O–H groups in total. The fraction of sp³-hybridized carbons (Fsp3) is 0.636. The number of aromatic amines is 1. The van der Waals surface area contributed by atoms with Gasteiger partial charge in [0.1, 0.15) is 10.3 Å². The van der Waals surface area contributed by atoms with Gasteiger partial charge in [-0.15, -0.1) is 0 Å². The summed E-state index contributed by atoms with van der Waals surface area (Å²) in [6.07, 6.45) is 6.71. The van der Waals surface area contributed by atoms with E-state index >= 15 is 0 Å². The van der Waals surface area contributed by atoms with Crippen molar-refractivity contribution in [3.8, 4) is 0 Å². The van der Waals surface area contributed by atoms with Crippen LogP contribution >= 0.6 is 15.9 Å². The highest BCUT2D eigenvalue weighted by atomic mass is 79.9. The lowest BCUT2D eigenvalue weighted by Gasteiger charge is -2.11. The van der Waals surface area contributed by atoms with Gasteiger partial charge in [0, 0.05) is 6.54 Å². The Kier molecular flexibility index (Phi) is 4.56. The Hall–Kier alpha value is -0.880. The number of H-pyrrole nitrogens is 1. The highest BCUT2D eigenvalue weighted by Crippen LogP contribution is 2.20. The summed E-state index contributed by atoms with van der Waals surface area (Å²) in [7, 11) is 0. The predicted octanol–water partition coefficient (Wildman–Crippen LogP) is 1.90. The molecule has 94 valence electrons. The second-order valence-electron chi connectivity index (χ2n) is 4.10. The lowest BCUT2D eigenvalue weighted by atomic mass is 10.3. The van der Waals surface area contributed by atoms with Crippen LogP contribution in [0.3, 0.4) is 0 Å². The first kappa shape index (κ1) is 12.6. The maximum atomic E-state index is 11.3. The first-order valence-electron chi connectivity index (χ1n) is 5.86. The number of nitrogens with zero attached hydrogens (tertiary/aromatic N) is 1. The maximum Gasteiger partial charge on any atom is 0.267 e. The molecule has 6 heteroatoms. The summed E-state index contributed by atoms with van der Waals surface area (Å²) in [5.41, 5.74) is -0.181. The van der Waals surface area contributed by atoms with E-state index in [0.29, 0.717) is 29.5 Å². The van der Waals surface area contributed by atoms with Gasteiger partial charge in [-0.1, -0.05) is 12.8 Å². The van der Waals surface area contributed by atoms with Crippen molar-refractivity contribution in [2.24, 2.45) is 0 Å². The number of nitrogens with one attached hydrogen (secondary N) is 2. The first-order chi connectivity index (χ1) is 8.27. The van der Waals surface area contributed by atoms with Crippen LogP contribution in [0, 0.1) is 0 Å². The number of halogens is 1. The number of anilines is 1. The SMILES string of the molecule is O=c1[nH]cnc(NCCOC2CCCC2)c1Br. The molecule has 1 saturated carbocycles. The summed E-state index contributed by atoms with van der Waals surface area (Å²) in [4.78, 5) is 17.8. The van der Waals surface area contributed by atoms with Crippen molar-refractivity contribution < 1.29 is 4.74 Å². The van der Waals surface area contributed by atoms with E-state index in [2.05, 4.69) is 31.2 Å². The molecule has 0 aliphatic heterocycles. The van der Waals surface area contributed by atoms with Gasteiger partial charge in [-0.2, -0.15) is 0 Å². The minimum atomic E-state index is -0.181. The fourth-order valence-electron chi connectivity index (χ4n) is 1.96. The molecule has 0 radical (unpaired) electrons. The minimum Gasteiger partial charge on any atom is -0.376 e. The molecule has 1 aliphatic rings. The molecule has 1 aliphatic carbocycles. The van der Waals surface area contributed by atoms with Gasteiger partial charge in [-0.25, -0.2) is 4.98 Å². The highest BCUT2D eigenvalue weighted by Gasteiger charge is 2.14. The van der Waals surface area contributed by atoms with Crippen LogP contribution < -0.4 is 10.9 Å². The van der Waals surface area contributed by atoms with Crippen LogP contribution in [-0.4, -0.2) is 29.2 Å². The van der Waals surface area contributed by atoms with E-state index in [1.54, 1.807) is 0 Å². The predicted molar refractivity (Wildman–Crippen MR) is 69.3 cm³/mol. The first-order valence-corrected chi connectivity index (χ1v) is 6.65. The van der Waals surface area contributed by atoms with Crippen LogP contribution in [0.1, 0.15) is 25.7 Å². The normalized spacial score (nSPS) is 16.3. The monoisotopic (exact) mass is 301 g/mol. The molecule has 2 rings (SSSR count). The molecule has 17 heavy (non-hydrogen) atoms. The van der Waals surface area contributed by atoms with Gasteiger partial charge < -0.3 is 15.0 Å². The molecule has 1 aromatic heterocycles. The summed E-state index contributed by atoms with van der Waals surface area (Å²) < 4.78 is 6.13. The van der Waals surface area contributed by atoms with Crippen LogP contribution in [0.15, 0.2) is 15.6 Å². The number of hydrogen-bond donors (Lipinski definition) is 2. The van der Waals surface area contributed by atoms with Gasteiger partial charge in [0.05, 0.1) is 19.0 Å².